The molecule has 2 N–H and O–H groups in total. The molecule has 2 amide bonds. The van der Waals surface area contributed by atoms with Crippen LogP contribution in [0.2, 0.25) is 0 Å². The highest BCUT2D eigenvalue weighted by Crippen LogP contribution is 2.34. The Labute approximate surface area is 179 Å². The number of nitrogens with one attached hydrogen (secondary N) is 2. The molecule has 0 saturated heterocycles. The maximum Gasteiger partial charge on any atom is 0.305 e. The van der Waals surface area contributed by atoms with Crippen molar-refractivity contribution in [3.05, 3.63) is 65.9 Å². The molecular weight excluding hydrogens is 394 g/mol. The minimum Gasteiger partial charge on any atom is -0.469 e. The predicted molar refractivity (Wildman–Crippen MR) is 119 cm³/mol. The van der Waals surface area contributed by atoms with Crippen LogP contribution in [-0.2, 0) is 25.7 Å². The van der Waals surface area contributed by atoms with E-state index in [1.165, 1.54) is 7.11 Å². The van der Waals surface area contributed by atoms with E-state index in [0.717, 1.165) is 27.7 Å². The lowest BCUT2D eigenvalue weighted by atomic mass is 10.0. The van der Waals surface area contributed by atoms with Crippen LogP contribution >= 0.6 is 0 Å². The van der Waals surface area contributed by atoms with Gasteiger partial charge in [0.1, 0.15) is 6.54 Å². The molecule has 1 aliphatic rings. The van der Waals surface area contributed by atoms with Gasteiger partial charge in [-0.2, -0.15) is 0 Å². The van der Waals surface area contributed by atoms with Gasteiger partial charge in [-0.3, -0.25) is 14.4 Å². The lowest BCUT2D eigenvalue weighted by molar-refractivity contribution is -0.140. The van der Waals surface area contributed by atoms with Gasteiger partial charge in [-0.1, -0.05) is 36.4 Å². The molecule has 2 heterocycles. The largest absolute Gasteiger partial charge is 0.469 e. The van der Waals surface area contributed by atoms with E-state index in [4.69, 9.17) is 0 Å². The Hall–Kier alpha value is -3.87. The van der Waals surface area contributed by atoms with Crippen molar-refractivity contribution in [2.45, 2.75) is 19.4 Å². The van der Waals surface area contributed by atoms with Gasteiger partial charge in [-0.05, 0) is 24.6 Å². The monoisotopic (exact) mass is 417 g/mol. The molecule has 0 aliphatic carbocycles. The molecule has 0 atom stereocenters. The zero-order chi connectivity index (χ0) is 21.8. The second-order valence-corrected chi connectivity index (χ2v) is 7.32. The van der Waals surface area contributed by atoms with Gasteiger partial charge in [-0.25, -0.2) is 0 Å². The second-order valence-electron chi connectivity index (χ2n) is 7.32. The normalized spacial score (nSPS) is 13.8. The number of anilines is 1. The van der Waals surface area contributed by atoms with Crippen LogP contribution in [-0.4, -0.2) is 36.0 Å². The van der Waals surface area contributed by atoms with Crippen LogP contribution in [0.25, 0.3) is 22.6 Å². The van der Waals surface area contributed by atoms with Gasteiger partial charge in [0.2, 0.25) is 5.91 Å². The fourth-order valence-electron chi connectivity index (χ4n) is 3.73. The molecule has 0 radical (unpaired) electrons. The number of rotatable bonds is 7. The van der Waals surface area contributed by atoms with Crippen molar-refractivity contribution in [2.75, 3.05) is 19.0 Å². The van der Waals surface area contributed by atoms with Crippen LogP contribution in [0.5, 0.6) is 0 Å². The van der Waals surface area contributed by atoms with E-state index in [0.29, 0.717) is 18.5 Å². The summed E-state index contributed by atoms with van der Waals surface area (Å²) in [6, 6.07) is 15.4. The number of esters is 1. The van der Waals surface area contributed by atoms with E-state index in [9.17, 15) is 14.4 Å². The summed E-state index contributed by atoms with van der Waals surface area (Å²) in [5.41, 5.74) is 4.05. The van der Waals surface area contributed by atoms with Crippen LogP contribution in [0.15, 0.2) is 54.7 Å². The summed E-state index contributed by atoms with van der Waals surface area (Å²) in [4.78, 5) is 36.1. The zero-order valence-electron chi connectivity index (χ0n) is 17.2. The summed E-state index contributed by atoms with van der Waals surface area (Å²) in [7, 11) is 1.35. The van der Waals surface area contributed by atoms with Gasteiger partial charge in [-0.15, -0.1) is 0 Å². The Balaban J connectivity index is 1.55. The first-order chi connectivity index (χ1) is 15.1. The van der Waals surface area contributed by atoms with E-state index in [1.807, 2.05) is 65.4 Å². The summed E-state index contributed by atoms with van der Waals surface area (Å²) in [5.74, 6) is -0.573. The van der Waals surface area contributed by atoms with Crippen molar-refractivity contribution in [3.63, 3.8) is 0 Å². The van der Waals surface area contributed by atoms with Gasteiger partial charge in [0.15, 0.2) is 0 Å². The highest BCUT2D eigenvalue weighted by molar-refractivity contribution is 6.35. The predicted octanol–water partition coefficient (Wildman–Crippen LogP) is 3.20. The molecule has 31 heavy (non-hydrogen) atoms. The van der Waals surface area contributed by atoms with Crippen LogP contribution in [0.4, 0.5) is 5.69 Å². The summed E-state index contributed by atoms with van der Waals surface area (Å²) in [5, 5.41) is 6.68. The molecule has 0 bridgehead atoms. The molecular formula is C24H23N3O4. The molecule has 1 aromatic heterocycles. The highest BCUT2D eigenvalue weighted by Gasteiger charge is 2.24. The Bertz CT molecular complexity index is 1190. The van der Waals surface area contributed by atoms with E-state index in [1.54, 1.807) is 0 Å². The topological polar surface area (TPSA) is 89.4 Å². The Morgan fingerprint density at radius 2 is 1.90 bits per heavy atom. The van der Waals surface area contributed by atoms with Crippen molar-refractivity contribution >= 4 is 46.0 Å². The maximum atomic E-state index is 12.5. The average molecular weight is 417 g/mol. The number of carbonyl (C=O) groups excluding carboxylic acids is 3. The van der Waals surface area contributed by atoms with Crippen molar-refractivity contribution in [1.82, 2.24) is 9.88 Å². The molecule has 1 aliphatic heterocycles. The van der Waals surface area contributed by atoms with Gasteiger partial charge < -0.3 is 19.9 Å². The van der Waals surface area contributed by atoms with Crippen LogP contribution in [0.1, 0.15) is 24.0 Å². The number of fused-ring (bicyclic) bond motifs is 2. The number of methoxy groups -OCH3 is 1. The van der Waals surface area contributed by atoms with Gasteiger partial charge in [0.25, 0.3) is 5.91 Å². The zero-order valence-corrected chi connectivity index (χ0v) is 17.2. The Morgan fingerprint density at radius 1 is 1.13 bits per heavy atom. The quantitative estimate of drug-likeness (QED) is 0.351. The number of para-hydroxylation sites is 2. The van der Waals surface area contributed by atoms with Gasteiger partial charge in [0, 0.05) is 52.5 Å². The SMILES string of the molecule is COC(=O)CCCNC(=O)Cn1cc(C=C2C(=O)Nc3ccccc32)c2ccccc21. The van der Waals surface area contributed by atoms with E-state index in [2.05, 4.69) is 15.4 Å². The number of carbonyl (C=O) groups is 3. The standard InChI is InChI=1S/C24H23N3O4/c1-31-23(29)11-6-12-25-22(28)15-27-14-16(17-7-3-5-10-21(17)27)13-19-18-8-2-4-9-20(18)26-24(19)30/h2-5,7-10,13-14H,6,11-12,15H2,1H3,(H,25,28)(H,26,30). The van der Waals surface area contributed by atoms with Gasteiger partial charge in [0.05, 0.1) is 7.11 Å². The van der Waals surface area contributed by atoms with E-state index < -0.39 is 0 Å². The number of ether oxygens (including phenoxy) is 1. The average Bonchev–Trinajstić information content (AvgIpc) is 3.28. The van der Waals surface area contributed by atoms with Crippen molar-refractivity contribution in [2.24, 2.45) is 0 Å². The smallest absolute Gasteiger partial charge is 0.305 e. The van der Waals surface area contributed by atoms with Gasteiger partial charge >= 0.3 is 5.97 Å². The number of aromatic nitrogens is 1. The first-order valence-corrected chi connectivity index (χ1v) is 10.1. The molecule has 7 heteroatoms. The van der Waals surface area contributed by atoms with Crippen molar-refractivity contribution in [3.8, 4) is 0 Å². The molecule has 0 unspecified atom stereocenters. The molecule has 2 aromatic carbocycles. The summed E-state index contributed by atoms with van der Waals surface area (Å²) >= 11 is 0. The van der Waals surface area contributed by atoms with Crippen LogP contribution in [0, 0.1) is 0 Å². The van der Waals surface area contributed by atoms with Crippen molar-refractivity contribution < 1.29 is 19.1 Å². The third-order valence-electron chi connectivity index (χ3n) is 5.25. The molecule has 7 nitrogen and oxygen atoms in total. The minimum atomic E-state index is -0.291. The third kappa shape index (κ3) is 4.35. The molecule has 3 aromatic rings. The first kappa shape index (κ1) is 20.4. The molecule has 0 fully saturated rings. The van der Waals surface area contributed by atoms with E-state index in [-0.39, 0.29) is 30.7 Å². The number of hydrogen-bond acceptors (Lipinski definition) is 4. The molecule has 0 spiro atoms. The lowest BCUT2D eigenvalue weighted by Crippen LogP contribution is -2.28. The Kier molecular flexibility index (Phi) is 5.84. The number of amides is 2. The second kappa shape index (κ2) is 8.87. The highest BCUT2D eigenvalue weighted by atomic mass is 16.5. The fourth-order valence-corrected chi connectivity index (χ4v) is 3.73. The first-order valence-electron chi connectivity index (χ1n) is 10.1. The molecule has 4 rings (SSSR count). The van der Waals surface area contributed by atoms with Crippen molar-refractivity contribution in [1.29, 1.82) is 0 Å². The molecule has 158 valence electrons. The lowest BCUT2D eigenvalue weighted by Gasteiger charge is -2.07. The molecule has 0 saturated carbocycles. The summed E-state index contributed by atoms with van der Waals surface area (Å²) in [6.45, 7) is 0.547. The maximum absolute atomic E-state index is 12.5. The summed E-state index contributed by atoms with van der Waals surface area (Å²) < 4.78 is 6.47. The number of hydrogen-bond donors (Lipinski definition) is 2. The summed E-state index contributed by atoms with van der Waals surface area (Å²) in [6.07, 6.45) is 4.55. The van der Waals surface area contributed by atoms with Crippen LogP contribution in [0.3, 0.4) is 0 Å². The van der Waals surface area contributed by atoms with Crippen LogP contribution < -0.4 is 10.6 Å². The number of nitrogens with zero attached hydrogens (tertiary/aromatic N) is 1. The fraction of sp³-hybridized carbons (Fsp3) is 0.208. The minimum absolute atomic E-state index is 0.138. The third-order valence-corrected chi connectivity index (χ3v) is 5.25. The number of benzene rings is 2. The Morgan fingerprint density at radius 3 is 2.74 bits per heavy atom. The van der Waals surface area contributed by atoms with E-state index >= 15 is 0 Å².